The van der Waals surface area contributed by atoms with Gasteiger partial charge in [-0.25, -0.2) is 0 Å². The molecule has 3 heteroatoms. The van der Waals surface area contributed by atoms with Crippen LogP contribution in [0.3, 0.4) is 0 Å². The van der Waals surface area contributed by atoms with Gasteiger partial charge in [-0.15, -0.1) is 0 Å². The van der Waals surface area contributed by atoms with E-state index >= 15 is 0 Å². The molecule has 3 rings (SSSR count). The van der Waals surface area contributed by atoms with E-state index in [0.717, 1.165) is 31.5 Å². The summed E-state index contributed by atoms with van der Waals surface area (Å²) in [4.78, 5) is 17.9. The average molecular weight is 357 g/mol. The molecule has 1 amide bonds. The number of likely N-dealkylation sites (tertiary alicyclic amines) is 2. The van der Waals surface area contributed by atoms with Gasteiger partial charge in [-0.2, -0.15) is 0 Å². The van der Waals surface area contributed by atoms with E-state index < -0.39 is 0 Å². The molecule has 1 aromatic rings. The van der Waals surface area contributed by atoms with Crippen LogP contribution >= 0.6 is 0 Å². The van der Waals surface area contributed by atoms with Gasteiger partial charge in [-0.05, 0) is 74.7 Å². The highest BCUT2D eigenvalue weighted by molar-refractivity contribution is 5.94. The molecule has 0 radical (unpaired) electrons. The van der Waals surface area contributed by atoms with Crippen LogP contribution in [0, 0.1) is 0 Å². The first-order valence-electron chi connectivity index (χ1n) is 10.6. The van der Waals surface area contributed by atoms with E-state index in [9.17, 15) is 4.79 Å². The van der Waals surface area contributed by atoms with Crippen molar-refractivity contribution in [2.75, 3.05) is 26.2 Å². The van der Waals surface area contributed by atoms with Crippen LogP contribution in [-0.4, -0.2) is 47.9 Å². The quantitative estimate of drug-likeness (QED) is 0.769. The van der Waals surface area contributed by atoms with Crippen LogP contribution in [0.5, 0.6) is 0 Å². The SMILES string of the molecule is CC(C)(C)c1ccc(C(=O)N2CCCC[C@@H]2CCN2CCCCC2)cc1. The van der Waals surface area contributed by atoms with Crippen LogP contribution in [-0.2, 0) is 5.41 Å². The fraction of sp³-hybridized carbons (Fsp3) is 0.696. The first kappa shape index (κ1) is 19.4. The summed E-state index contributed by atoms with van der Waals surface area (Å²) in [5.41, 5.74) is 2.26. The highest BCUT2D eigenvalue weighted by Gasteiger charge is 2.28. The van der Waals surface area contributed by atoms with Crippen molar-refractivity contribution in [3.8, 4) is 0 Å². The molecule has 0 aromatic heterocycles. The molecule has 0 spiro atoms. The minimum Gasteiger partial charge on any atom is -0.336 e. The first-order chi connectivity index (χ1) is 12.4. The van der Waals surface area contributed by atoms with Gasteiger partial charge in [0.05, 0.1) is 0 Å². The second-order valence-corrected chi connectivity index (χ2v) is 9.17. The van der Waals surface area contributed by atoms with Crippen molar-refractivity contribution in [2.45, 2.75) is 77.2 Å². The molecule has 144 valence electrons. The number of benzene rings is 1. The number of carbonyl (C=O) groups is 1. The van der Waals surface area contributed by atoms with Crippen LogP contribution in [0.1, 0.15) is 81.6 Å². The highest BCUT2D eigenvalue weighted by Crippen LogP contribution is 2.25. The standard InChI is InChI=1S/C23H36N2O/c1-23(2,3)20-12-10-19(11-13-20)22(26)25-17-8-5-9-21(25)14-18-24-15-6-4-7-16-24/h10-13,21H,4-9,14-18H2,1-3H3/t21-/m1/s1. The topological polar surface area (TPSA) is 23.6 Å². The van der Waals surface area contributed by atoms with Gasteiger partial charge in [0.25, 0.3) is 5.91 Å². The Hall–Kier alpha value is -1.35. The summed E-state index contributed by atoms with van der Waals surface area (Å²) in [7, 11) is 0. The van der Waals surface area contributed by atoms with Gasteiger partial charge in [0.1, 0.15) is 0 Å². The zero-order valence-corrected chi connectivity index (χ0v) is 17.0. The Morgan fingerprint density at radius 2 is 1.62 bits per heavy atom. The van der Waals surface area contributed by atoms with Crippen LogP contribution in [0.15, 0.2) is 24.3 Å². The van der Waals surface area contributed by atoms with Gasteiger partial charge >= 0.3 is 0 Å². The highest BCUT2D eigenvalue weighted by atomic mass is 16.2. The van der Waals surface area contributed by atoms with Crippen LogP contribution in [0.4, 0.5) is 0 Å². The molecule has 2 aliphatic rings. The first-order valence-corrected chi connectivity index (χ1v) is 10.6. The maximum Gasteiger partial charge on any atom is 0.254 e. The molecule has 0 aliphatic carbocycles. The zero-order chi connectivity index (χ0) is 18.6. The van der Waals surface area contributed by atoms with E-state index in [1.807, 2.05) is 12.1 Å². The van der Waals surface area contributed by atoms with Crippen LogP contribution in [0.2, 0.25) is 0 Å². The fourth-order valence-corrected chi connectivity index (χ4v) is 4.36. The molecule has 0 saturated carbocycles. The third kappa shape index (κ3) is 4.88. The summed E-state index contributed by atoms with van der Waals surface area (Å²) in [5, 5.41) is 0. The lowest BCUT2D eigenvalue weighted by molar-refractivity contribution is 0.0579. The largest absolute Gasteiger partial charge is 0.336 e. The van der Waals surface area contributed by atoms with E-state index in [1.54, 1.807) is 0 Å². The van der Waals surface area contributed by atoms with Crippen LogP contribution < -0.4 is 0 Å². The summed E-state index contributed by atoms with van der Waals surface area (Å²) in [6.45, 7) is 11.2. The molecular formula is C23H36N2O. The minimum absolute atomic E-state index is 0.129. The fourth-order valence-electron chi connectivity index (χ4n) is 4.36. The third-order valence-corrected chi connectivity index (χ3v) is 6.11. The van der Waals surface area contributed by atoms with Gasteiger partial charge in [-0.3, -0.25) is 4.79 Å². The molecule has 2 heterocycles. The Kier molecular flexibility index (Phi) is 6.39. The zero-order valence-electron chi connectivity index (χ0n) is 17.0. The predicted octanol–water partition coefficient (Wildman–Crippen LogP) is 4.85. The number of carbonyl (C=O) groups excluding carboxylic acids is 1. The van der Waals surface area contributed by atoms with Gasteiger partial charge in [0.2, 0.25) is 0 Å². The van der Waals surface area contributed by atoms with Crippen molar-refractivity contribution in [3.63, 3.8) is 0 Å². The smallest absolute Gasteiger partial charge is 0.254 e. The molecule has 0 unspecified atom stereocenters. The number of piperidine rings is 2. The Morgan fingerprint density at radius 1 is 0.962 bits per heavy atom. The van der Waals surface area contributed by atoms with Crippen molar-refractivity contribution in [1.29, 1.82) is 0 Å². The molecule has 26 heavy (non-hydrogen) atoms. The molecule has 3 nitrogen and oxygen atoms in total. The molecule has 1 atom stereocenters. The van der Waals surface area contributed by atoms with E-state index in [1.165, 1.54) is 50.8 Å². The molecule has 1 aromatic carbocycles. The summed E-state index contributed by atoms with van der Waals surface area (Å²) >= 11 is 0. The van der Waals surface area contributed by atoms with E-state index in [2.05, 4.69) is 42.7 Å². The monoisotopic (exact) mass is 356 g/mol. The minimum atomic E-state index is 0.129. The Bertz CT molecular complexity index is 581. The maximum atomic E-state index is 13.1. The van der Waals surface area contributed by atoms with Gasteiger partial charge < -0.3 is 9.80 Å². The molecule has 2 saturated heterocycles. The van der Waals surface area contributed by atoms with E-state index in [0.29, 0.717) is 6.04 Å². The summed E-state index contributed by atoms with van der Waals surface area (Å²) < 4.78 is 0. The summed E-state index contributed by atoms with van der Waals surface area (Å²) in [5.74, 6) is 0.230. The van der Waals surface area contributed by atoms with Crippen molar-refractivity contribution >= 4 is 5.91 Å². The predicted molar refractivity (Wildman–Crippen MR) is 109 cm³/mol. The summed E-state index contributed by atoms with van der Waals surface area (Å²) in [6, 6.07) is 8.72. The van der Waals surface area contributed by atoms with Gasteiger partial charge in [0, 0.05) is 24.7 Å². The summed E-state index contributed by atoms with van der Waals surface area (Å²) in [6.07, 6.45) is 8.77. The maximum absolute atomic E-state index is 13.1. The second kappa shape index (κ2) is 8.56. The van der Waals surface area contributed by atoms with Crippen molar-refractivity contribution in [1.82, 2.24) is 9.80 Å². The number of nitrogens with zero attached hydrogens (tertiary/aromatic N) is 2. The van der Waals surface area contributed by atoms with E-state index in [-0.39, 0.29) is 11.3 Å². The van der Waals surface area contributed by atoms with Crippen molar-refractivity contribution < 1.29 is 4.79 Å². The molecular weight excluding hydrogens is 320 g/mol. The Labute approximate surface area is 159 Å². The average Bonchev–Trinajstić information content (AvgIpc) is 2.66. The van der Waals surface area contributed by atoms with Gasteiger partial charge in [-0.1, -0.05) is 39.3 Å². The van der Waals surface area contributed by atoms with E-state index in [4.69, 9.17) is 0 Å². The lowest BCUT2D eigenvalue weighted by atomic mass is 9.86. The van der Waals surface area contributed by atoms with Crippen molar-refractivity contribution in [2.24, 2.45) is 0 Å². The Balaban J connectivity index is 1.63. The normalized spacial score (nSPS) is 22.4. The molecule has 2 fully saturated rings. The molecule has 0 bridgehead atoms. The Morgan fingerprint density at radius 3 is 2.27 bits per heavy atom. The number of hydrogen-bond acceptors (Lipinski definition) is 2. The second-order valence-electron chi connectivity index (χ2n) is 9.17. The van der Waals surface area contributed by atoms with Gasteiger partial charge in [0.15, 0.2) is 0 Å². The lowest BCUT2D eigenvalue weighted by Crippen LogP contribution is -2.45. The van der Waals surface area contributed by atoms with Crippen molar-refractivity contribution in [3.05, 3.63) is 35.4 Å². The molecule has 2 aliphatic heterocycles. The number of rotatable bonds is 4. The van der Waals surface area contributed by atoms with Crippen LogP contribution in [0.25, 0.3) is 0 Å². The number of hydrogen-bond donors (Lipinski definition) is 0. The molecule has 0 N–H and O–H groups in total. The third-order valence-electron chi connectivity index (χ3n) is 6.11. The number of amides is 1. The lowest BCUT2D eigenvalue weighted by Gasteiger charge is -2.37.